The van der Waals surface area contributed by atoms with Crippen LogP contribution in [0.2, 0.25) is 5.02 Å². The maximum absolute atomic E-state index is 12.3. The molecule has 1 aliphatic rings. The first-order valence-corrected chi connectivity index (χ1v) is 7.60. The molecular weight excluding hydrogens is 304 g/mol. The Morgan fingerprint density at radius 2 is 2.27 bits per heavy atom. The number of benzene rings is 1. The molecule has 1 N–H and O–H groups in total. The van der Waals surface area contributed by atoms with Crippen LogP contribution in [0.1, 0.15) is 29.0 Å². The van der Waals surface area contributed by atoms with Gasteiger partial charge in [-0.3, -0.25) is 4.79 Å². The summed E-state index contributed by atoms with van der Waals surface area (Å²) < 4.78 is 6.94. The van der Waals surface area contributed by atoms with Crippen molar-refractivity contribution in [1.29, 1.82) is 0 Å². The molecule has 3 rings (SSSR count). The van der Waals surface area contributed by atoms with E-state index >= 15 is 0 Å². The Bertz CT molecular complexity index is 680. The summed E-state index contributed by atoms with van der Waals surface area (Å²) in [4.78, 5) is 12.3. The number of carbonyl (C=O) groups excluding carboxylic acids is 1. The summed E-state index contributed by atoms with van der Waals surface area (Å²) in [6, 6.07) is 7.35. The van der Waals surface area contributed by atoms with Gasteiger partial charge in [0.15, 0.2) is 5.69 Å². The molecule has 1 saturated heterocycles. The lowest BCUT2D eigenvalue weighted by atomic mass is 10.1. The van der Waals surface area contributed by atoms with Gasteiger partial charge in [-0.2, -0.15) is 0 Å². The molecule has 0 aliphatic carbocycles. The number of aromatic nitrogens is 3. The van der Waals surface area contributed by atoms with Crippen molar-refractivity contribution >= 4 is 17.5 Å². The summed E-state index contributed by atoms with van der Waals surface area (Å²) in [6.07, 6.45) is 1.87. The van der Waals surface area contributed by atoms with Gasteiger partial charge in [-0.1, -0.05) is 28.9 Å². The van der Waals surface area contributed by atoms with E-state index in [1.807, 2.05) is 18.2 Å². The second-order valence-electron chi connectivity index (χ2n) is 5.27. The Hall–Kier alpha value is -1.92. The Balaban J connectivity index is 1.81. The third-order valence-electron chi connectivity index (χ3n) is 3.69. The van der Waals surface area contributed by atoms with Crippen molar-refractivity contribution in [3.05, 3.63) is 40.7 Å². The number of carbonyl (C=O) groups is 1. The van der Waals surface area contributed by atoms with Crippen molar-refractivity contribution in [3.63, 3.8) is 0 Å². The van der Waals surface area contributed by atoms with Crippen LogP contribution < -0.4 is 5.32 Å². The molecule has 0 spiro atoms. The second kappa shape index (κ2) is 6.46. The lowest BCUT2D eigenvalue weighted by Crippen LogP contribution is -2.41. The average molecular weight is 321 g/mol. The fraction of sp³-hybridized carbons (Fsp3) is 0.400. The maximum Gasteiger partial charge on any atom is 0.274 e. The number of para-hydroxylation sites is 1. The summed E-state index contributed by atoms with van der Waals surface area (Å²) in [6.45, 7) is 3.10. The largest absolute Gasteiger partial charge is 0.379 e. The number of hydrogen-bond donors (Lipinski definition) is 1. The van der Waals surface area contributed by atoms with Crippen molar-refractivity contribution in [2.24, 2.45) is 0 Å². The summed E-state index contributed by atoms with van der Waals surface area (Å²) in [5.74, 6) is -0.230. The first-order valence-electron chi connectivity index (χ1n) is 7.22. The summed E-state index contributed by atoms with van der Waals surface area (Å²) >= 11 is 6.17. The van der Waals surface area contributed by atoms with Crippen LogP contribution in [0.25, 0.3) is 5.69 Å². The summed E-state index contributed by atoms with van der Waals surface area (Å²) in [7, 11) is 0. The molecule has 0 saturated carbocycles. The molecule has 22 heavy (non-hydrogen) atoms. The van der Waals surface area contributed by atoms with Crippen molar-refractivity contribution < 1.29 is 9.53 Å². The lowest BCUT2D eigenvalue weighted by molar-refractivity contribution is 0.0621. The predicted molar refractivity (Wildman–Crippen MR) is 82.4 cm³/mol. The highest BCUT2D eigenvalue weighted by Gasteiger charge is 2.22. The first-order chi connectivity index (χ1) is 10.7. The number of hydrogen-bond acceptors (Lipinski definition) is 4. The van der Waals surface area contributed by atoms with Crippen LogP contribution >= 0.6 is 11.6 Å². The van der Waals surface area contributed by atoms with Crippen LogP contribution in [0.5, 0.6) is 0 Å². The van der Waals surface area contributed by atoms with Gasteiger partial charge in [0.2, 0.25) is 0 Å². The lowest BCUT2D eigenvalue weighted by Gasteiger charge is -2.22. The highest BCUT2D eigenvalue weighted by atomic mass is 35.5. The monoisotopic (exact) mass is 320 g/mol. The standard InChI is InChI=1S/C15H17ClN4O2/c1-10-14(15(21)17-11-5-4-8-22-9-11)18-19-20(10)13-7-3-2-6-12(13)16/h2-3,6-7,11H,4-5,8-9H2,1H3,(H,17,21). The van der Waals surface area contributed by atoms with E-state index in [0.29, 0.717) is 28.7 Å². The first kappa shape index (κ1) is 15.0. The third kappa shape index (κ3) is 2.98. The van der Waals surface area contributed by atoms with E-state index in [1.54, 1.807) is 17.7 Å². The molecule has 1 unspecified atom stereocenters. The fourth-order valence-corrected chi connectivity index (χ4v) is 2.72. The molecule has 0 bridgehead atoms. The van der Waals surface area contributed by atoms with Gasteiger partial charge in [0, 0.05) is 6.61 Å². The van der Waals surface area contributed by atoms with Crippen LogP contribution in [0.15, 0.2) is 24.3 Å². The molecule has 1 aromatic carbocycles. The fourth-order valence-electron chi connectivity index (χ4n) is 2.50. The molecule has 116 valence electrons. The number of rotatable bonds is 3. The highest BCUT2D eigenvalue weighted by molar-refractivity contribution is 6.32. The van der Waals surface area contributed by atoms with E-state index in [2.05, 4.69) is 15.6 Å². The second-order valence-corrected chi connectivity index (χ2v) is 5.68. The van der Waals surface area contributed by atoms with E-state index in [0.717, 1.165) is 19.4 Å². The van der Waals surface area contributed by atoms with E-state index in [1.165, 1.54) is 0 Å². The molecule has 1 aliphatic heterocycles. The molecule has 6 nitrogen and oxygen atoms in total. The molecule has 2 heterocycles. The van der Waals surface area contributed by atoms with Gasteiger partial charge in [-0.15, -0.1) is 5.10 Å². The minimum atomic E-state index is -0.230. The van der Waals surface area contributed by atoms with Crippen LogP contribution in [0, 0.1) is 6.92 Å². The molecule has 1 fully saturated rings. The number of amides is 1. The quantitative estimate of drug-likeness (QED) is 0.940. The summed E-state index contributed by atoms with van der Waals surface area (Å²) in [5, 5.41) is 11.6. The SMILES string of the molecule is Cc1c(C(=O)NC2CCCOC2)nnn1-c1ccccc1Cl. The van der Waals surface area contributed by atoms with Crippen LogP contribution in [-0.4, -0.2) is 40.2 Å². The molecule has 0 radical (unpaired) electrons. The zero-order valence-corrected chi connectivity index (χ0v) is 13.0. The number of ether oxygens (including phenoxy) is 1. The molecule has 1 amide bonds. The zero-order chi connectivity index (χ0) is 15.5. The Morgan fingerprint density at radius 1 is 1.45 bits per heavy atom. The molecular formula is C15H17ClN4O2. The van der Waals surface area contributed by atoms with Gasteiger partial charge >= 0.3 is 0 Å². The normalized spacial score (nSPS) is 18.2. The Kier molecular flexibility index (Phi) is 4.40. The Labute approximate surface area is 133 Å². The predicted octanol–water partition coefficient (Wildman–Crippen LogP) is 2.14. The number of nitrogens with one attached hydrogen (secondary N) is 1. The molecule has 1 aromatic heterocycles. The van der Waals surface area contributed by atoms with Crippen LogP contribution in [0.3, 0.4) is 0 Å². The van der Waals surface area contributed by atoms with E-state index in [9.17, 15) is 4.79 Å². The molecule has 1 atom stereocenters. The van der Waals surface area contributed by atoms with Crippen LogP contribution in [-0.2, 0) is 4.74 Å². The van der Waals surface area contributed by atoms with E-state index < -0.39 is 0 Å². The Morgan fingerprint density at radius 3 is 3.00 bits per heavy atom. The highest BCUT2D eigenvalue weighted by Crippen LogP contribution is 2.21. The van der Waals surface area contributed by atoms with Crippen molar-refractivity contribution in [2.45, 2.75) is 25.8 Å². The van der Waals surface area contributed by atoms with Gasteiger partial charge in [-0.05, 0) is 31.9 Å². The molecule has 2 aromatic rings. The van der Waals surface area contributed by atoms with Crippen LogP contribution in [0.4, 0.5) is 0 Å². The van der Waals surface area contributed by atoms with Crippen molar-refractivity contribution in [2.75, 3.05) is 13.2 Å². The van der Waals surface area contributed by atoms with Gasteiger partial charge < -0.3 is 10.1 Å². The van der Waals surface area contributed by atoms with Gasteiger partial charge in [0.05, 0.1) is 29.1 Å². The smallest absolute Gasteiger partial charge is 0.274 e. The van der Waals surface area contributed by atoms with E-state index in [-0.39, 0.29) is 11.9 Å². The number of halogens is 1. The van der Waals surface area contributed by atoms with Gasteiger partial charge in [0.1, 0.15) is 0 Å². The maximum atomic E-state index is 12.3. The van der Waals surface area contributed by atoms with Crippen molar-refractivity contribution in [3.8, 4) is 5.69 Å². The molecule has 7 heteroatoms. The zero-order valence-electron chi connectivity index (χ0n) is 12.3. The third-order valence-corrected chi connectivity index (χ3v) is 4.01. The minimum absolute atomic E-state index is 0.0334. The van der Waals surface area contributed by atoms with Gasteiger partial charge in [0.25, 0.3) is 5.91 Å². The topological polar surface area (TPSA) is 69.0 Å². The van der Waals surface area contributed by atoms with Crippen molar-refractivity contribution in [1.82, 2.24) is 20.3 Å². The minimum Gasteiger partial charge on any atom is -0.379 e. The number of nitrogens with zero attached hydrogens (tertiary/aromatic N) is 3. The van der Waals surface area contributed by atoms with E-state index in [4.69, 9.17) is 16.3 Å². The summed E-state index contributed by atoms with van der Waals surface area (Å²) in [5.41, 5.74) is 1.67. The van der Waals surface area contributed by atoms with Gasteiger partial charge in [-0.25, -0.2) is 4.68 Å². The average Bonchev–Trinajstić information content (AvgIpc) is 2.90.